The van der Waals surface area contributed by atoms with Crippen molar-refractivity contribution in [2.24, 2.45) is 0 Å². The number of amides is 1. The van der Waals surface area contributed by atoms with Crippen LogP contribution in [0.2, 0.25) is 0 Å². The third-order valence-electron chi connectivity index (χ3n) is 4.21. The highest BCUT2D eigenvalue weighted by Gasteiger charge is 2.29. The molecule has 1 N–H and O–H groups in total. The molecular formula is C17H21N5O2. The summed E-state index contributed by atoms with van der Waals surface area (Å²) in [5.41, 5.74) is 2.04. The first kappa shape index (κ1) is 16.2. The van der Waals surface area contributed by atoms with Gasteiger partial charge in [-0.15, -0.1) is 0 Å². The Morgan fingerprint density at radius 1 is 1.38 bits per heavy atom. The Kier molecular flexibility index (Phi) is 4.33. The molecule has 1 amide bonds. The van der Waals surface area contributed by atoms with E-state index in [-0.39, 0.29) is 17.4 Å². The Bertz CT molecular complexity index is 815. The fourth-order valence-corrected chi connectivity index (χ4v) is 2.93. The van der Waals surface area contributed by atoms with Gasteiger partial charge in [0.2, 0.25) is 5.95 Å². The van der Waals surface area contributed by atoms with E-state index in [9.17, 15) is 9.59 Å². The van der Waals surface area contributed by atoms with Crippen LogP contribution in [0.5, 0.6) is 0 Å². The Morgan fingerprint density at radius 3 is 2.88 bits per heavy atom. The standard InChI is InChI=1S/C17H21N5O2/c1-11-8-12(4-6-18-11)16(24)22-7-5-13(10-22)14-9-15(23)20-17(19-14)21(2)3/h4,6,8-9,13H,5,7,10H2,1-3H3,(H,19,20,23). The summed E-state index contributed by atoms with van der Waals surface area (Å²) in [5.74, 6) is 0.616. The minimum atomic E-state index is -0.168. The maximum Gasteiger partial charge on any atom is 0.253 e. The molecule has 3 heterocycles. The molecule has 3 rings (SSSR count). The lowest BCUT2D eigenvalue weighted by atomic mass is 10.0. The quantitative estimate of drug-likeness (QED) is 0.915. The van der Waals surface area contributed by atoms with E-state index in [2.05, 4.69) is 15.0 Å². The van der Waals surface area contributed by atoms with Gasteiger partial charge in [-0.25, -0.2) is 4.98 Å². The van der Waals surface area contributed by atoms with Crippen LogP contribution >= 0.6 is 0 Å². The van der Waals surface area contributed by atoms with Gasteiger partial charge in [0.15, 0.2) is 0 Å². The smallest absolute Gasteiger partial charge is 0.253 e. The van der Waals surface area contributed by atoms with E-state index in [0.717, 1.165) is 17.8 Å². The second kappa shape index (κ2) is 6.43. The molecule has 0 radical (unpaired) electrons. The SMILES string of the molecule is Cc1cc(C(=O)N2CCC(c3cc(=O)[nH]c(N(C)C)n3)C2)ccn1. The molecule has 24 heavy (non-hydrogen) atoms. The molecule has 1 saturated heterocycles. The molecule has 0 bridgehead atoms. The first-order valence-electron chi connectivity index (χ1n) is 7.94. The summed E-state index contributed by atoms with van der Waals surface area (Å²) in [4.78, 5) is 39.4. The Labute approximate surface area is 140 Å². The molecule has 0 aliphatic carbocycles. The molecule has 7 heteroatoms. The van der Waals surface area contributed by atoms with Crippen molar-refractivity contribution < 1.29 is 4.79 Å². The van der Waals surface area contributed by atoms with E-state index >= 15 is 0 Å². The molecule has 1 unspecified atom stereocenters. The van der Waals surface area contributed by atoms with Crippen molar-refractivity contribution in [1.82, 2.24) is 19.9 Å². The fraction of sp³-hybridized carbons (Fsp3) is 0.412. The van der Waals surface area contributed by atoms with Crippen LogP contribution in [0, 0.1) is 6.92 Å². The second-order valence-corrected chi connectivity index (χ2v) is 6.31. The Morgan fingerprint density at radius 2 is 2.17 bits per heavy atom. The summed E-state index contributed by atoms with van der Waals surface area (Å²) in [7, 11) is 3.66. The average Bonchev–Trinajstić information content (AvgIpc) is 3.03. The van der Waals surface area contributed by atoms with E-state index in [4.69, 9.17) is 0 Å². The van der Waals surface area contributed by atoms with E-state index < -0.39 is 0 Å². The number of anilines is 1. The maximum absolute atomic E-state index is 12.6. The largest absolute Gasteiger partial charge is 0.348 e. The zero-order valence-electron chi connectivity index (χ0n) is 14.1. The van der Waals surface area contributed by atoms with Gasteiger partial charge in [-0.3, -0.25) is 19.6 Å². The van der Waals surface area contributed by atoms with Gasteiger partial charge in [-0.2, -0.15) is 0 Å². The zero-order valence-corrected chi connectivity index (χ0v) is 14.1. The van der Waals surface area contributed by atoms with Crippen LogP contribution in [0.4, 0.5) is 5.95 Å². The molecule has 7 nitrogen and oxygen atoms in total. The predicted octanol–water partition coefficient (Wildman–Crippen LogP) is 1.17. The molecule has 0 spiro atoms. The lowest BCUT2D eigenvalue weighted by Gasteiger charge is -2.17. The third kappa shape index (κ3) is 3.29. The minimum Gasteiger partial charge on any atom is -0.348 e. The number of hydrogen-bond donors (Lipinski definition) is 1. The highest BCUT2D eigenvalue weighted by atomic mass is 16.2. The van der Waals surface area contributed by atoms with Crippen LogP contribution in [0.3, 0.4) is 0 Å². The summed E-state index contributed by atoms with van der Waals surface area (Å²) in [6, 6.07) is 5.06. The van der Waals surface area contributed by atoms with E-state index in [1.54, 1.807) is 23.2 Å². The monoisotopic (exact) mass is 327 g/mol. The maximum atomic E-state index is 12.6. The molecule has 0 aromatic carbocycles. The van der Waals surface area contributed by atoms with Crippen LogP contribution in [0.15, 0.2) is 29.2 Å². The number of carbonyl (C=O) groups excluding carboxylic acids is 1. The lowest BCUT2D eigenvalue weighted by Crippen LogP contribution is -2.29. The van der Waals surface area contributed by atoms with Gasteiger partial charge >= 0.3 is 0 Å². The number of likely N-dealkylation sites (tertiary alicyclic amines) is 1. The van der Waals surface area contributed by atoms with Gasteiger partial charge in [0.25, 0.3) is 11.5 Å². The van der Waals surface area contributed by atoms with Crippen molar-refractivity contribution in [3.63, 3.8) is 0 Å². The molecule has 2 aromatic rings. The summed E-state index contributed by atoms with van der Waals surface area (Å²) < 4.78 is 0. The van der Waals surface area contributed by atoms with Crippen molar-refractivity contribution in [1.29, 1.82) is 0 Å². The molecule has 1 atom stereocenters. The van der Waals surface area contributed by atoms with Gasteiger partial charge in [0, 0.05) is 56.6 Å². The molecule has 1 aliphatic heterocycles. The molecular weight excluding hydrogens is 306 g/mol. The van der Waals surface area contributed by atoms with Crippen molar-refractivity contribution in [3.05, 3.63) is 51.7 Å². The van der Waals surface area contributed by atoms with Gasteiger partial charge in [0.1, 0.15) is 0 Å². The van der Waals surface area contributed by atoms with E-state index in [1.165, 1.54) is 6.07 Å². The number of hydrogen-bond acceptors (Lipinski definition) is 5. The molecule has 1 aliphatic rings. The van der Waals surface area contributed by atoms with Crippen molar-refractivity contribution in [3.8, 4) is 0 Å². The number of nitrogens with one attached hydrogen (secondary N) is 1. The lowest BCUT2D eigenvalue weighted by molar-refractivity contribution is 0.0790. The predicted molar refractivity (Wildman–Crippen MR) is 91.4 cm³/mol. The van der Waals surface area contributed by atoms with Gasteiger partial charge in [-0.05, 0) is 25.5 Å². The molecule has 0 saturated carbocycles. The number of rotatable bonds is 3. The zero-order chi connectivity index (χ0) is 17.3. The number of pyridine rings is 1. The van der Waals surface area contributed by atoms with E-state index in [0.29, 0.717) is 24.6 Å². The summed E-state index contributed by atoms with van der Waals surface area (Å²) in [6.07, 6.45) is 2.46. The number of aromatic nitrogens is 3. The summed E-state index contributed by atoms with van der Waals surface area (Å²) >= 11 is 0. The number of aryl methyl sites for hydroxylation is 1. The second-order valence-electron chi connectivity index (χ2n) is 6.31. The van der Waals surface area contributed by atoms with Crippen LogP contribution in [0.25, 0.3) is 0 Å². The molecule has 1 fully saturated rings. The summed E-state index contributed by atoms with van der Waals surface area (Å²) in [5, 5.41) is 0. The average molecular weight is 327 g/mol. The first-order valence-corrected chi connectivity index (χ1v) is 7.94. The highest BCUT2D eigenvalue weighted by Crippen LogP contribution is 2.27. The molecule has 2 aromatic heterocycles. The van der Waals surface area contributed by atoms with Gasteiger partial charge < -0.3 is 9.80 Å². The van der Waals surface area contributed by atoms with Crippen molar-refractivity contribution in [2.75, 3.05) is 32.1 Å². The van der Waals surface area contributed by atoms with Gasteiger partial charge in [-0.1, -0.05) is 0 Å². The number of H-pyrrole nitrogens is 1. The minimum absolute atomic E-state index is 0.000624. The van der Waals surface area contributed by atoms with Gasteiger partial charge in [0.05, 0.1) is 5.69 Å². The van der Waals surface area contributed by atoms with Crippen LogP contribution in [-0.2, 0) is 0 Å². The van der Waals surface area contributed by atoms with E-state index in [1.807, 2.05) is 25.9 Å². The Balaban J connectivity index is 1.78. The molecule has 126 valence electrons. The van der Waals surface area contributed by atoms with Crippen molar-refractivity contribution in [2.45, 2.75) is 19.3 Å². The first-order chi connectivity index (χ1) is 11.4. The number of nitrogens with zero attached hydrogens (tertiary/aromatic N) is 4. The Hall–Kier alpha value is -2.70. The topological polar surface area (TPSA) is 82.2 Å². The summed E-state index contributed by atoms with van der Waals surface area (Å²) in [6.45, 7) is 3.10. The number of aromatic amines is 1. The van der Waals surface area contributed by atoms with Crippen LogP contribution in [0.1, 0.15) is 34.1 Å². The fourth-order valence-electron chi connectivity index (χ4n) is 2.93. The highest BCUT2D eigenvalue weighted by molar-refractivity contribution is 5.94. The van der Waals surface area contributed by atoms with Crippen LogP contribution < -0.4 is 10.5 Å². The van der Waals surface area contributed by atoms with Crippen molar-refractivity contribution >= 4 is 11.9 Å². The van der Waals surface area contributed by atoms with Crippen LogP contribution in [-0.4, -0.2) is 52.9 Å². The number of carbonyl (C=O) groups is 1. The normalized spacial score (nSPS) is 17.1. The third-order valence-corrected chi connectivity index (χ3v) is 4.21.